The Morgan fingerprint density at radius 1 is 1.16 bits per heavy atom. The van der Waals surface area contributed by atoms with E-state index < -0.39 is 11.7 Å². The van der Waals surface area contributed by atoms with E-state index in [1.165, 1.54) is 4.57 Å². The second kappa shape index (κ2) is 9.38. The van der Waals surface area contributed by atoms with E-state index in [2.05, 4.69) is 27.8 Å². The standard InChI is InChI=1S/C27H28F3N5O2/c1-4-19-13-35-20(14-34(19)21(5-2)16-6-8-17(9-7-16)27(28,29)30)15-37-25-24(35)23-22(33(3)26(25)36)11-10-18(12-31)32-23/h6-11,19-21H,4-5,13-15H2,1-3H3/t19-,20+,21-/m1/s1. The predicted octanol–water partition coefficient (Wildman–Crippen LogP) is 4.64. The number of benzene rings is 1. The maximum Gasteiger partial charge on any atom is 0.416 e. The van der Waals surface area contributed by atoms with Gasteiger partial charge in [0.25, 0.3) is 5.56 Å². The number of alkyl halides is 3. The van der Waals surface area contributed by atoms with Crippen LogP contribution in [0, 0.1) is 11.3 Å². The molecule has 0 bridgehead atoms. The summed E-state index contributed by atoms with van der Waals surface area (Å²) in [6.07, 6.45) is -2.82. The molecule has 0 aliphatic carbocycles. The lowest BCUT2D eigenvalue weighted by atomic mass is 9.94. The van der Waals surface area contributed by atoms with Gasteiger partial charge in [-0.15, -0.1) is 0 Å². The summed E-state index contributed by atoms with van der Waals surface area (Å²) in [5.74, 6) is 0.243. The molecule has 7 nitrogen and oxygen atoms in total. The molecule has 2 aliphatic rings. The van der Waals surface area contributed by atoms with Crippen molar-refractivity contribution in [1.82, 2.24) is 14.5 Å². The van der Waals surface area contributed by atoms with Crippen molar-refractivity contribution in [3.05, 3.63) is 63.6 Å². The van der Waals surface area contributed by atoms with Crippen molar-refractivity contribution in [3.8, 4) is 11.8 Å². The largest absolute Gasteiger partial charge is 0.484 e. The zero-order valence-electron chi connectivity index (χ0n) is 20.9. The highest BCUT2D eigenvalue weighted by molar-refractivity contribution is 5.93. The minimum Gasteiger partial charge on any atom is -0.484 e. The van der Waals surface area contributed by atoms with Crippen LogP contribution in [-0.4, -0.2) is 46.2 Å². The number of aryl methyl sites for hydroxylation is 1. The van der Waals surface area contributed by atoms with Crippen LogP contribution in [-0.2, 0) is 13.2 Å². The molecule has 4 heterocycles. The number of ether oxygens (including phenoxy) is 1. The molecule has 3 atom stereocenters. The lowest BCUT2D eigenvalue weighted by Crippen LogP contribution is -2.62. The summed E-state index contributed by atoms with van der Waals surface area (Å²) >= 11 is 0. The molecule has 2 aliphatic heterocycles. The van der Waals surface area contributed by atoms with E-state index in [1.54, 1.807) is 31.3 Å². The highest BCUT2D eigenvalue weighted by Crippen LogP contribution is 2.41. The van der Waals surface area contributed by atoms with E-state index in [1.807, 2.05) is 6.92 Å². The fourth-order valence-corrected chi connectivity index (χ4v) is 5.70. The predicted molar refractivity (Wildman–Crippen MR) is 134 cm³/mol. The first kappa shape index (κ1) is 25.1. The normalized spacial score (nSPS) is 20.6. The summed E-state index contributed by atoms with van der Waals surface area (Å²) < 4.78 is 46.9. The molecular weight excluding hydrogens is 483 g/mol. The van der Waals surface area contributed by atoms with Gasteiger partial charge in [-0.1, -0.05) is 26.0 Å². The Bertz CT molecular complexity index is 1430. The number of piperazine rings is 1. The van der Waals surface area contributed by atoms with Crippen molar-refractivity contribution >= 4 is 16.7 Å². The molecule has 10 heteroatoms. The molecule has 5 rings (SSSR count). The Labute approximate surface area is 212 Å². The highest BCUT2D eigenvalue weighted by atomic mass is 19.4. The number of pyridine rings is 2. The molecular formula is C27H28F3N5O2. The third kappa shape index (κ3) is 4.21. The van der Waals surface area contributed by atoms with Gasteiger partial charge in [-0.05, 0) is 42.7 Å². The van der Waals surface area contributed by atoms with E-state index >= 15 is 0 Å². The second-order valence-electron chi connectivity index (χ2n) is 9.64. The molecule has 0 N–H and O–H groups in total. The quantitative estimate of drug-likeness (QED) is 0.508. The fraction of sp³-hybridized carbons (Fsp3) is 0.444. The van der Waals surface area contributed by atoms with Gasteiger partial charge in [0.15, 0.2) is 0 Å². The zero-order chi connectivity index (χ0) is 26.5. The molecule has 0 saturated carbocycles. The Morgan fingerprint density at radius 3 is 2.51 bits per heavy atom. The topological polar surface area (TPSA) is 74.4 Å². The number of anilines is 1. The molecule has 1 fully saturated rings. The SMILES string of the molecule is CC[C@@H]1CN2c3c(c(=O)n(C)c4ccc(C#N)nc34)OC[C@@H]2CN1[C@H](CC)c1ccc(C(F)(F)F)cc1. The summed E-state index contributed by atoms with van der Waals surface area (Å²) in [6.45, 7) is 5.66. The molecule has 194 valence electrons. The van der Waals surface area contributed by atoms with Crippen LogP contribution in [0.5, 0.6) is 5.75 Å². The highest BCUT2D eigenvalue weighted by Gasteiger charge is 2.42. The van der Waals surface area contributed by atoms with E-state index in [4.69, 9.17) is 4.74 Å². The van der Waals surface area contributed by atoms with Crippen molar-refractivity contribution in [3.63, 3.8) is 0 Å². The van der Waals surface area contributed by atoms with Gasteiger partial charge in [0.05, 0.1) is 17.1 Å². The molecule has 37 heavy (non-hydrogen) atoms. The molecule has 0 unspecified atom stereocenters. The monoisotopic (exact) mass is 511 g/mol. The van der Waals surface area contributed by atoms with Crippen LogP contribution in [0.1, 0.15) is 49.6 Å². The van der Waals surface area contributed by atoms with Gasteiger partial charge in [0.2, 0.25) is 5.75 Å². The van der Waals surface area contributed by atoms with Crippen molar-refractivity contribution in [2.24, 2.45) is 7.05 Å². The first-order valence-corrected chi connectivity index (χ1v) is 12.4. The first-order valence-electron chi connectivity index (χ1n) is 12.4. The number of halogens is 3. The smallest absolute Gasteiger partial charge is 0.416 e. The summed E-state index contributed by atoms with van der Waals surface area (Å²) in [7, 11) is 1.66. The number of aromatic nitrogens is 2. The van der Waals surface area contributed by atoms with Gasteiger partial charge in [0, 0.05) is 32.2 Å². The van der Waals surface area contributed by atoms with Gasteiger partial charge in [-0.25, -0.2) is 4.98 Å². The van der Waals surface area contributed by atoms with E-state index in [-0.39, 0.29) is 35.1 Å². The van der Waals surface area contributed by atoms with E-state index in [0.29, 0.717) is 36.4 Å². The average molecular weight is 512 g/mol. The minimum absolute atomic E-state index is 0.0560. The number of hydrogen-bond acceptors (Lipinski definition) is 6. The Morgan fingerprint density at radius 2 is 1.89 bits per heavy atom. The summed E-state index contributed by atoms with van der Waals surface area (Å²) in [5.41, 5.74) is 2.00. The van der Waals surface area contributed by atoms with Crippen molar-refractivity contribution in [2.45, 2.75) is 51.0 Å². The van der Waals surface area contributed by atoms with Crippen LogP contribution in [0.3, 0.4) is 0 Å². The summed E-state index contributed by atoms with van der Waals surface area (Å²) in [6, 6.07) is 10.8. The summed E-state index contributed by atoms with van der Waals surface area (Å²) in [4.78, 5) is 22.2. The Hall–Kier alpha value is -3.58. The molecule has 1 saturated heterocycles. The number of fused-ring (bicyclic) bond motifs is 5. The van der Waals surface area contributed by atoms with Crippen molar-refractivity contribution < 1.29 is 17.9 Å². The van der Waals surface area contributed by atoms with Gasteiger partial charge < -0.3 is 14.2 Å². The Balaban J connectivity index is 1.53. The first-order chi connectivity index (χ1) is 17.7. The number of hydrogen-bond donors (Lipinski definition) is 0. The number of nitrogens with zero attached hydrogens (tertiary/aromatic N) is 5. The second-order valence-corrected chi connectivity index (χ2v) is 9.64. The third-order valence-corrected chi connectivity index (χ3v) is 7.62. The van der Waals surface area contributed by atoms with Gasteiger partial charge in [0.1, 0.15) is 29.6 Å². The van der Waals surface area contributed by atoms with Crippen LogP contribution in [0.2, 0.25) is 0 Å². The van der Waals surface area contributed by atoms with Gasteiger partial charge >= 0.3 is 6.18 Å². The Kier molecular flexibility index (Phi) is 6.36. The van der Waals surface area contributed by atoms with Gasteiger partial charge in [-0.3, -0.25) is 9.69 Å². The lowest BCUT2D eigenvalue weighted by Gasteiger charge is -2.51. The molecule has 0 radical (unpaired) electrons. The number of rotatable bonds is 4. The van der Waals surface area contributed by atoms with Crippen molar-refractivity contribution in [1.29, 1.82) is 5.26 Å². The number of nitriles is 1. The van der Waals surface area contributed by atoms with Crippen molar-refractivity contribution in [2.75, 3.05) is 24.6 Å². The molecule has 2 aromatic heterocycles. The third-order valence-electron chi connectivity index (χ3n) is 7.62. The van der Waals surface area contributed by atoms with E-state index in [0.717, 1.165) is 30.5 Å². The lowest BCUT2D eigenvalue weighted by molar-refractivity contribution is -0.137. The van der Waals surface area contributed by atoms with E-state index in [9.17, 15) is 23.2 Å². The molecule has 3 aromatic rings. The van der Waals surface area contributed by atoms with Gasteiger partial charge in [-0.2, -0.15) is 18.4 Å². The van der Waals surface area contributed by atoms with Crippen LogP contribution >= 0.6 is 0 Å². The van der Waals surface area contributed by atoms with Crippen LogP contribution < -0.4 is 15.2 Å². The molecule has 1 aromatic carbocycles. The van der Waals surface area contributed by atoms with Crippen LogP contribution in [0.4, 0.5) is 18.9 Å². The minimum atomic E-state index is -4.37. The maximum absolute atomic E-state index is 13.1. The summed E-state index contributed by atoms with van der Waals surface area (Å²) in [5, 5.41) is 9.44. The van der Waals surface area contributed by atoms with Crippen LogP contribution in [0.25, 0.3) is 11.0 Å². The van der Waals surface area contributed by atoms with Crippen LogP contribution in [0.15, 0.2) is 41.2 Å². The zero-order valence-corrected chi connectivity index (χ0v) is 20.9. The maximum atomic E-state index is 13.1. The average Bonchev–Trinajstić information content (AvgIpc) is 2.90. The fourth-order valence-electron chi connectivity index (χ4n) is 5.70. The molecule has 0 spiro atoms. The molecule has 0 amide bonds.